The molecule has 0 aliphatic rings. The first-order valence-electron chi connectivity index (χ1n) is 10.6. The molecule has 0 bridgehead atoms. The van der Waals surface area contributed by atoms with Gasteiger partial charge in [-0.15, -0.1) is 0 Å². The lowest BCUT2D eigenvalue weighted by Gasteiger charge is -2.15. The molecular weight excluding hydrogens is 468 g/mol. The number of phenolic OH excluding ortho intramolecular Hbond substituents is 2. The van der Waals surface area contributed by atoms with Crippen molar-refractivity contribution in [2.24, 2.45) is 0 Å². The Bertz CT molecular complexity index is 1500. The van der Waals surface area contributed by atoms with E-state index in [1.165, 1.54) is 12.1 Å². The number of aromatic hydroxyl groups is 2. The molecule has 0 aromatic heterocycles. The number of nitrogens with zero attached hydrogens (tertiary/aromatic N) is 2. The van der Waals surface area contributed by atoms with Crippen molar-refractivity contribution in [3.63, 3.8) is 0 Å². The Morgan fingerprint density at radius 1 is 0.639 bits per heavy atom. The highest BCUT2D eigenvalue weighted by molar-refractivity contribution is 6.23. The molecule has 0 atom stereocenters. The van der Waals surface area contributed by atoms with E-state index in [9.17, 15) is 40.0 Å². The van der Waals surface area contributed by atoms with Gasteiger partial charge in [-0.2, -0.15) is 0 Å². The first-order chi connectivity index (χ1) is 17.0. The maximum atomic E-state index is 13.5. The Morgan fingerprint density at radius 2 is 1.00 bits per heavy atom. The number of hydrogen-bond acceptors (Lipinski definition) is 8. The molecule has 0 fully saturated rings. The van der Waals surface area contributed by atoms with Gasteiger partial charge in [-0.25, -0.2) is 0 Å². The van der Waals surface area contributed by atoms with Gasteiger partial charge in [-0.3, -0.25) is 29.8 Å². The van der Waals surface area contributed by atoms with E-state index in [4.69, 9.17) is 0 Å². The number of rotatable bonds is 6. The lowest BCUT2D eigenvalue weighted by atomic mass is 9.87. The van der Waals surface area contributed by atoms with E-state index in [0.29, 0.717) is 21.9 Å². The van der Waals surface area contributed by atoms with Gasteiger partial charge in [0.05, 0.1) is 9.85 Å². The quantitative estimate of drug-likeness (QED) is 0.215. The molecule has 0 spiro atoms. The summed E-state index contributed by atoms with van der Waals surface area (Å²) in [6.45, 7) is 3.37. The standard InChI is InChI=1S/C26H18N2O8/c1-13-3-7-18-17(23(13)25(31)15-5-9-21(29)19(11-15)27(33)34)8-4-14(2)24(18)26(32)16-6-10-22(30)20(12-16)28(35)36/h3-12,29-30H,1-2H3. The maximum absolute atomic E-state index is 13.5. The molecule has 36 heavy (non-hydrogen) atoms. The largest absolute Gasteiger partial charge is 0.502 e. The second-order valence-electron chi connectivity index (χ2n) is 8.19. The van der Waals surface area contributed by atoms with Gasteiger partial charge in [-0.1, -0.05) is 24.3 Å². The predicted molar refractivity (Wildman–Crippen MR) is 130 cm³/mol. The van der Waals surface area contributed by atoms with Gasteiger partial charge in [0.2, 0.25) is 0 Å². The lowest BCUT2D eigenvalue weighted by Crippen LogP contribution is -2.09. The van der Waals surface area contributed by atoms with E-state index in [1.807, 2.05) is 0 Å². The Hall–Kier alpha value is -5.12. The lowest BCUT2D eigenvalue weighted by molar-refractivity contribution is -0.386. The summed E-state index contributed by atoms with van der Waals surface area (Å²) in [5, 5.41) is 42.8. The van der Waals surface area contributed by atoms with Crippen LogP contribution in [0.5, 0.6) is 11.5 Å². The second kappa shape index (κ2) is 8.91. The fourth-order valence-electron chi connectivity index (χ4n) is 4.14. The summed E-state index contributed by atoms with van der Waals surface area (Å²) in [6, 6.07) is 13.3. The smallest absolute Gasteiger partial charge is 0.311 e. The molecule has 0 amide bonds. The molecule has 180 valence electrons. The summed E-state index contributed by atoms with van der Waals surface area (Å²) in [7, 11) is 0. The third-order valence-corrected chi connectivity index (χ3v) is 5.94. The molecule has 0 heterocycles. The van der Waals surface area contributed by atoms with Crippen LogP contribution in [-0.4, -0.2) is 31.6 Å². The summed E-state index contributed by atoms with van der Waals surface area (Å²) in [5.41, 5.74) is 0.308. The number of carbonyl (C=O) groups excluding carboxylic acids is 2. The minimum Gasteiger partial charge on any atom is -0.502 e. The molecule has 10 heteroatoms. The monoisotopic (exact) mass is 486 g/mol. The summed E-state index contributed by atoms with van der Waals surface area (Å²) < 4.78 is 0. The molecule has 0 saturated carbocycles. The molecule has 4 rings (SSSR count). The van der Waals surface area contributed by atoms with Gasteiger partial charge in [0, 0.05) is 34.4 Å². The summed E-state index contributed by atoms with van der Waals surface area (Å²) in [6.07, 6.45) is 0. The zero-order valence-corrected chi connectivity index (χ0v) is 19.0. The molecule has 0 unspecified atom stereocenters. The molecular formula is C26H18N2O8. The van der Waals surface area contributed by atoms with Crippen molar-refractivity contribution in [2.45, 2.75) is 13.8 Å². The van der Waals surface area contributed by atoms with Crippen LogP contribution < -0.4 is 0 Å². The molecule has 0 aliphatic heterocycles. The Kier molecular flexibility index (Phi) is 5.95. The van der Waals surface area contributed by atoms with Crippen LogP contribution in [0.15, 0.2) is 60.7 Å². The Morgan fingerprint density at radius 3 is 1.33 bits per heavy atom. The first kappa shape index (κ1) is 24.0. The molecule has 2 N–H and O–H groups in total. The van der Waals surface area contributed by atoms with Crippen molar-refractivity contribution in [1.29, 1.82) is 0 Å². The summed E-state index contributed by atoms with van der Waals surface area (Å²) in [4.78, 5) is 47.8. The average Bonchev–Trinajstić information content (AvgIpc) is 2.83. The topological polar surface area (TPSA) is 161 Å². The zero-order chi connectivity index (χ0) is 26.3. The van der Waals surface area contributed by atoms with Gasteiger partial charge in [0.1, 0.15) is 0 Å². The van der Waals surface area contributed by atoms with Crippen molar-refractivity contribution < 1.29 is 29.6 Å². The van der Waals surface area contributed by atoms with Crippen LogP contribution in [0.3, 0.4) is 0 Å². The SMILES string of the molecule is Cc1ccc2c(C(=O)c3ccc(O)c([N+](=O)[O-])c3)c(C)ccc2c1C(=O)c1ccc(O)c([N+](=O)[O-])c1. The van der Waals surface area contributed by atoms with Crippen LogP contribution in [0, 0.1) is 34.1 Å². The van der Waals surface area contributed by atoms with Crippen molar-refractivity contribution in [2.75, 3.05) is 0 Å². The van der Waals surface area contributed by atoms with E-state index in [2.05, 4.69) is 0 Å². The predicted octanol–water partition coefficient (Wildman–Crippen LogP) is 5.15. The van der Waals surface area contributed by atoms with Crippen LogP contribution in [0.2, 0.25) is 0 Å². The van der Waals surface area contributed by atoms with E-state index < -0.39 is 44.3 Å². The highest BCUT2D eigenvalue weighted by Crippen LogP contribution is 2.34. The normalized spacial score (nSPS) is 10.8. The maximum Gasteiger partial charge on any atom is 0.311 e. The van der Waals surface area contributed by atoms with Crippen molar-refractivity contribution >= 4 is 33.7 Å². The summed E-state index contributed by atoms with van der Waals surface area (Å²) >= 11 is 0. The van der Waals surface area contributed by atoms with Crippen LogP contribution >= 0.6 is 0 Å². The van der Waals surface area contributed by atoms with E-state index in [0.717, 1.165) is 24.3 Å². The number of hydrogen-bond donors (Lipinski definition) is 2. The van der Waals surface area contributed by atoms with Crippen molar-refractivity contribution in [3.05, 3.63) is 114 Å². The number of nitro benzene ring substituents is 2. The molecule has 0 saturated heterocycles. The third kappa shape index (κ3) is 4.00. The van der Waals surface area contributed by atoms with Crippen LogP contribution in [-0.2, 0) is 0 Å². The van der Waals surface area contributed by atoms with Crippen molar-refractivity contribution in [3.8, 4) is 11.5 Å². The number of benzene rings is 4. The second-order valence-corrected chi connectivity index (χ2v) is 8.19. The summed E-state index contributed by atoms with van der Waals surface area (Å²) in [5.74, 6) is -2.22. The fourth-order valence-corrected chi connectivity index (χ4v) is 4.14. The third-order valence-electron chi connectivity index (χ3n) is 5.94. The fraction of sp³-hybridized carbons (Fsp3) is 0.0769. The van der Waals surface area contributed by atoms with Crippen LogP contribution in [0.25, 0.3) is 10.8 Å². The Balaban J connectivity index is 1.92. The number of fused-ring (bicyclic) bond motifs is 1. The molecule has 0 aliphatic carbocycles. The zero-order valence-electron chi connectivity index (χ0n) is 19.0. The van der Waals surface area contributed by atoms with Crippen LogP contribution in [0.1, 0.15) is 43.0 Å². The molecule has 10 nitrogen and oxygen atoms in total. The first-order valence-corrected chi connectivity index (χ1v) is 10.6. The van der Waals surface area contributed by atoms with Gasteiger partial charge in [0.15, 0.2) is 23.1 Å². The average molecular weight is 486 g/mol. The molecule has 4 aromatic rings. The van der Waals surface area contributed by atoms with E-state index in [-0.39, 0.29) is 22.3 Å². The van der Waals surface area contributed by atoms with Gasteiger partial charge in [-0.05, 0) is 60.0 Å². The molecule has 4 aromatic carbocycles. The number of nitro groups is 2. The van der Waals surface area contributed by atoms with Crippen molar-refractivity contribution in [1.82, 2.24) is 0 Å². The highest BCUT2D eigenvalue weighted by Gasteiger charge is 2.24. The van der Waals surface area contributed by atoms with E-state index in [1.54, 1.807) is 38.1 Å². The highest BCUT2D eigenvalue weighted by atomic mass is 16.6. The molecule has 0 radical (unpaired) electrons. The number of carbonyl (C=O) groups is 2. The number of aryl methyl sites for hydroxylation is 2. The Labute approximate surface area is 203 Å². The van der Waals surface area contributed by atoms with Crippen LogP contribution in [0.4, 0.5) is 11.4 Å². The van der Waals surface area contributed by atoms with Gasteiger partial charge < -0.3 is 10.2 Å². The number of phenols is 2. The van der Waals surface area contributed by atoms with Gasteiger partial charge >= 0.3 is 11.4 Å². The minimum atomic E-state index is -0.793. The minimum absolute atomic E-state index is 0.0160. The van der Waals surface area contributed by atoms with E-state index >= 15 is 0 Å². The number of ketones is 2. The van der Waals surface area contributed by atoms with Gasteiger partial charge in [0.25, 0.3) is 0 Å².